The lowest BCUT2D eigenvalue weighted by Crippen LogP contribution is -2.29. The normalized spacial score (nSPS) is 17.0. The quantitative estimate of drug-likeness (QED) is 0.236. The number of carbonyl (C=O) groups is 2. The van der Waals surface area contributed by atoms with E-state index >= 15 is 0 Å². The van der Waals surface area contributed by atoms with Crippen molar-refractivity contribution in [2.24, 2.45) is 0 Å². The van der Waals surface area contributed by atoms with Crippen molar-refractivity contribution in [1.29, 1.82) is 0 Å². The highest BCUT2D eigenvalue weighted by atomic mass is 16.5. The summed E-state index contributed by atoms with van der Waals surface area (Å²) < 4.78 is 10.7. The van der Waals surface area contributed by atoms with Gasteiger partial charge in [-0.05, 0) is 59.7 Å². The van der Waals surface area contributed by atoms with Crippen LogP contribution in [0.1, 0.15) is 22.7 Å². The van der Waals surface area contributed by atoms with E-state index in [4.69, 9.17) is 9.47 Å². The maximum Gasteiger partial charge on any atom is 0.295 e. The Morgan fingerprint density at radius 2 is 1.68 bits per heavy atom. The van der Waals surface area contributed by atoms with E-state index in [1.165, 1.54) is 4.90 Å². The predicted octanol–water partition coefficient (Wildman–Crippen LogP) is 4.28. The van der Waals surface area contributed by atoms with Gasteiger partial charge in [-0.2, -0.15) is 0 Å². The van der Waals surface area contributed by atoms with Crippen molar-refractivity contribution in [3.05, 3.63) is 108 Å². The second-order valence-electron chi connectivity index (χ2n) is 7.68. The van der Waals surface area contributed by atoms with E-state index in [-0.39, 0.29) is 17.9 Å². The minimum atomic E-state index is -0.774. The van der Waals surface area contributed by atoms with Gasteiger partial charge in [0.1, 0.15) is 23.9 Å². The summed E-state index contributed by atoms with van der Waals surface area (Å²) in [6.07, 6.45) is 4.90. The summed E-state index contributed by atoms with van der Waals surface area (Å²) in [6, 6.07) is 16.6. The molecule has 1 aliphatic rings. The van der Waals surface area contributed by atoms with Crippen LogP contribution in [0.3, 0.4) is 0 Å². The standard InChI is InChI=1S/C27H24N2O5/c1-3-16-34-22-10-4-19(5-11-22)24-23(25(30)20-6-8-21(33-2)9-7-20)26(31)27(32)29(24)17-18-12-14-28-15-13-18/h3-15,24,30H,1,16-17H2,2H3. The molecule has 2 aromatic carbocycles. The van der Waals surface area contributed by atoms with Gasteiger partial charge in [0.2, 0.25) is 0 Å². The van der Waals surface area contributed by atoms with Crippen LogP contribution in [0.4, 0.5) is 0 Å². The van der Waals surface area contributed by atoms with E-state index < -0.39 is 17.7 Å². The van der Waals surface area contributed by atoms with E-state index in [1.54, 1.807) is 86.2 Å². The van der Waals surface area contributed by atoms with Crippen LogP contribution in [0.2, 0.25) is 0 Å². The lowest BCUT2D eigenvalue weighted by Gasteiger charge is -2.25. The average molecular weight is 456 g/mol. The van der Waals surface area contributed by atoms with Crippen molar-refractivity contribution in [2.75, 3.05) is 13.7 Å². The number of pyridine rings is 1. The van der Waals surface area contributed by atoms with E-state index in [9.17, 15) is 14.7 Å². The number of aliphatic hydroxyl groups is 1. The van der Waals surface area contributed by atoms with Crippen LogP contribution in [0, 0.1) is 0 Å². The zero-order valence-corrected chi connectivity index (χ0v) is 18.7. The molecule has 0 spiro atoms. The Kier molecular flexibility index (Phi) is 6.73. The van der Waals surface area contributed by atoms with Crippen LogP contribution < -0.4 is 9.47 Å². The molecule has 7 nitrogen and oxygen atoms in total. The van der Waals surface area contributed by atoms with Crippen LogP contribution in [-0.2, 0) is 16.1 Å². The SMILES string of the molecule is C=CCOc1ccc(C2C(=C(O)c3ccc(OC)cc3)C(=O)C(=O)N2Cc2ccncc2)cc1. The third-order valence-corrected chi connectivity index (χ3v) is 5.57. The molecule has 1 amide bonds. The molecule has 1 aromatic heterocycles. The molecule has 1 N–H and O–H groups in total. The minimum Gasteiger partial charge on any atom is -0.507 e. The van der Waals surface area contributed by atoms with E-state index in [0.29, 0.717) is 29.2 Å². The smallest absolute Gasteiger partial charge is 0.295 e. The Hall–Kier alpha value is -4.39. The third kappa shape index (κ3) is 4.54. The van der Waals surface area contributed by atoms with E-state index in [1.807, 2.05) is 0 Å². The summed E-state index contributed by atoms with van der Waals surface area (Å²) in [6.45, 7) is 4.18. The number of hydrogen-bond acceptors (Lipinski definition) is 6. The average Bonchev–Trinajstić information content (AvgIpc) is 3.13. The highest BCUT2D eigenvalue weighted by Gasteiger charge is 2.46. The number of Topliss-reactive ketones (excluding diaryl/α,β-unsaturated/α-hetero) is 1. The zero-order valence-electron chi connectivity index (χ0n) is 18.7. The van der Waals surface area contributed by atoms with Crippen LogP contribution in [-0.4, -0.2) is 40.4 Å². The molecule has 7 heteroatoms. The van der Waals surface area contributed by atoms with Crippen LogP contribution in [0.5, 0.6) is 11.5 Å². The Morgan fingerprint density at radius 3 is 2.29 bits per heavy atom. The first-order valence-corrected chi connectivity index (χ1v) is 10.7. The molecular weight excluding hydrogens is 432 g/mol. The molecule has 1 aliphatic heterocycles. The van der Waals surface area contributed by atoms with Gasteiger partial charge in [-0.1, -0.05) is 24.8 Å². The van der Waals surface area contributed by atoms with Gasteiger partial charge in [-0.15, -0.1) is 0 Å². The molecular formula is C27H24N2O5. The first kappa shape index (κ1) is 22.8. The molecule has 0 aliphatic carbocycles. The molecule has 1 saturated heterocycles. The molecule has 0 saturated carbocycles. The van der Waals surface area contributed by atoms with Crippen molar-refractivity contribution < 1.29 is 24.2 Å². The van der Waals surface area contributed by atoms with Crippen LogP contribution in [0.15, 0.2) is 91.3 Å². The monoisotopic (exact) mass is 456 g/mol. The van der Waals surface area contributed by atoms with Crippen LogP contribution >= 0.6 is 0 Å². The van der Waals surface area contributed by atoms with E-state index in [0.717, 1.165) is 5.56 Å². The van der Waals surface area contributed by atoms with Gasteiger partial charge in [0.25, 0.3) is 11.7 Å². The molecule has 4 rings (SSSR count). The summed E-state index contributed by atoms with van der Waals surface area (Å²) in [7, 11) is 1.54. The number of hydrogen-bond donors (Lipinski definition) is 1. The zero-order chi connectivity index (χ0) is 24.1. The molecule has 1 fully saturated rings. The first-order chi connectivity index (χ1) is 16.5. The lowest BCUT2D eigenvalue weighted by atomic mass is 9.95. The highest BCUT2D eigenvalue weighted by Crippen LogP contribution is 2.40. The summed E-state index contributed by atoms with van der Waals surface area (Å²) >= 11 is 0. The summed E-state index contributed by atoms with van der Waals surface area (Å²) in [5.74, 6) is -0.412. The second-order valence-corrected chi connectivity index (χ2v) is 7.68. The Labute approximate surface area is 197 Å². The minimum absolute atomic E-state index is 0.0315. The number of rotatable bonds is 8. The number of carbonyl (C=O) groups excluding carboxylic acids is 2. The largest absolute Gasteiger partial charge is 0.507 e. The molecule has 0 bridgehead atoms. The fourth-order valence-corrected chi connectivity index (χ4v) is 3.88. The number of ketones is 1. The molecule has 34 heavy (non-hydrogen) atoms. The number of ether oxygens (including phenoxy) is 2. The Morgan fingerprint density at radius 1 is 1.03 bits per heavy atom. The first-order valence-electron chi connectivity index (χ1n) is 10.7. The number of likely N-dealkylation sites (tertiary alicyclic amines) is 1. The summed E-state index contributed by atoms with van der Waals surface area (Å²) in [5.41, 5.74) is 1.94. The topological polar surface area (TPSA) is 89.0 Å². The van der Waals surface area contributed by atoms with Crippen molar-refractivity contribution >= 4 is 17.4 Å². The summed E-state index contributed by atoms with van der Waals surface area (Å²) in [4.78, 5) is 31.7. The lowest BCUT2D eigenvalue weighted by molar-refractivity contribution is -0.140. The third-order valence-electron chi connectivity index (χ3n) is 5.57. The van der Waals surface area contributed by atoms with Gasteiger partial charge in [0, 0.05) is 24.5 Å². The number of nitrogens with zero attached hydrogens (tertiary/aromatic N) is 2. The molecule has 172 valence electrons. The van der Waals surface area contributed by atoms with Gasteiger partial charge < -0.3 is 19.5 Å². The van der Waals surface area contributed by atoms with Crippen molar-refractivity contribution in [3.63, 3.8) is 0 Å². The number of methoxy groups -OCH3 is 1. The van der Waals surface area contributed by atoms with Gasteiger partial charge in [-0.3, -0.25) is 14.6 Å². The van der Waals surface area contributed by atoms with E-state index in [2.05, 4.69) is 11.6 Å². The molecule has 1 atom stereocenters. The molecule has 3 aromatic rings. The van der Waals surface area contributed by atoms with Gasteiger partial charge in [0.05, 0.1) is 18.7 Å². The van der Waals surface area contributed by atoms with Crippen molar-refractivity contribution in [3.8, 4) is 11.5 Å². The molecule has 1 unspecified atom stereocenters. The van der Waals surface area contributed by atoms with Crippen molar-refractivity contribution in [1.82, 2.24) is 9.88 Å². The van der Waals surface area contributed by atoms with Gasteiger partial charge >= 0.3 is 0 Å². The fraction of sp³-hybridized carbons (Fsp3) is 0.148. The predicted molar refractivity (Wildman–Crippen MR) is 127 cm³/mol. The molecule has 2 heterocycles. The number of benzene rings is 2. The fourth-order valence-electron chi connectivity index (χ4n) is 3.88. The van der Waals surface area contributed by atoms with Crippen LogP contribution in [0.25, 0.3) is 5.76 Å². The second kappa shape index (κ2) is 10.0. The maximum absolute atomic E-state index is 13.2. The molecule has 0 radical (unpaired) electrons. The number of amides is 1. The van der Waals surface area contributed by atoms with Gasteiger partial charge in [0.15, 0.2) is 0 Å². The Bertz CT molecular complexity index is 1220. The number of aliphatic hydroxyl groups excluding tert-OH is 1. The maximum atomic E-state index is 13.2. The van der Waals surface area contributed by atoms with Crippen molar-refractivity contribution in [2.45, 2.75) is 12.6 Å². The highest BCUT2D eigenvalue weighted by molar-refractivity contribution is 6.46. The Balaban J connectivity index is 1.80. The summed E-state index contributed by atoms with van der Waals surface area (Å²) in [5, 5.41) is 11.2. The van der Waals surface area contributed by atoms with Gasteiger partial charge in [-0.25, -0.2) is 0 Å². The number of aromatic nitrogens is 1.